The lowest BCUT2D eigenvalue weighted by Crippen LogP contribution is -2.45. The van der Waals surface area contributed by atoms with Crippen LogP contribution >= 0.6 is 12.4 Å². The number of halogens is 4. The SMILES string of the molecule is Cl.O=C(C1CCCN1)N1CCCN(Cc2ccc(C(F)(F)F)cc2)CC1. The summed E-state index contributed by atoms with van der Waals surface area (Å²) in [6.45, 7) is 4.55. The Morgan fingerprint density at radius 1 is 1.08 bits per heavy atom. The molecule has 8 heteroatoms. The van der Waals surface area contributed by atoms with Crippen molar-refractivity contribution < 1.29 is 18.0 Å². The Hall–Kier alpha value is -1.31. The van der Waals surface area contributed by atoms with Crippen LogP contribution in [0.2, 0.25) is 0 Å². The van der Waals surface area contributed by atoms with Crippen molar-refractivity contribution in [3.05, 3.63) is 35.4 Å². The van der Waals surface area contributed by atoms with E-state index in [1.807, 2.05) is 4.90 Å². The molecule has 1 amide bonds. The second-order valence-corrected chi connectivity index (χ2v) is 6.80. The Labute approximate surface area is 158 Å². The van der Waals surface area contributed by atoms with E-state index in [1.165, 1.54) is 0 Å². The molecule has 4 nitrogen and oxygen atoms in total. The zero-order chi connectivity index (χ0) is 17.9. The summed E-state index contributed by atoms with van der Waals surface area (Å²) in [6.07, 6.45) is -1.45. The minimum absolute atomic E-state index is 0. The van der Waals surface area contributed by atoms with Crippen LogP contribution in [0.1, 0.15) is 30.4 Å². The second-order valence-electron chi connectivity index (χ2n) is 6.80. The van der Waals surface area contributed by atoms with E-state index >= 15 is 0 Å². The summed E-state index contributed by atoms with van der Waals surface area (Å²) >= 11 is 0. The number of nitrogens with one attached hydrogen (secondary N) is 1. The summed E-state index contributed by atoms with van der Waals surface area (Å²) in [5.74, 6) is 0.189. The van der Waals surface area contributed by atoms with Crippen molar-refractivity contribution in [1.29, 1.82) is 0 Å². The van der Waals surface area contributed by atoms with Gasteiger partial charge >= 0.3 is 6.18 Å². The number of rotatable bonds is 3. The van der Waals surface area contributed by atoms with Gasteiger partial charge in [-0.2, -0.15) is 13.2 Å². The molecule has 2 aliphatic heterocycles. The zero-order valence-electron chi connectivity index (χ0n) is 14.6. The lowest BCUT2D eigenvalue weighted by Gasteiger charge is -2.24. The van der Waals surface area contributed by atoms with E-state index in [4.69, 9.17) is 0 Å². The van der Waals surface area contributed by atoms with Gasteiger partial charge < -0.3 is 10.2 Å². The first-order valence-electron chi connectivity index (χ1n) is 8.84. The van der Waals surface area contributed by atoms with Crippen molar-refractivity contribution in [2.24, 2.45) is 0 Å². The van der Waals surface area contributed by atoms with Crippen LogP contribution in [0.15, 0.2) is 24.3 Å². The molecule has 2 heterocycles. The molecule has 0 aliphatic carbocycles. The molecule has 2 aliphatic rings. The van der Waals surface area contributed by atoms with Crippen LogP contribution in [-0.4, -0.2) is 54.5 Å². The minimum atomic E-state index is -4.30. The van der Waals surface area contributed by atoms with E-state index in [2.05, 4.69) is 10.2 Å². The molecule has 1 N–H and O–H groups in total. The molecule has 0 bridgehead atoms. The van der Waals surface area contributed by atoms with Crippen molar-refractivity contribution in [1.82, 2.24) is 15.1 Å². The first-order valence-corrected chi connectivity index (χ1v) is 8.84. The number of hydrogen-bond donors (Lipinski definition) is 1. The molecule has 3 rings (SSSR count). The number of benzene rings is 1. The van der Waals surface area contributed by atoms with Gasteiger partial charge in [-0.25, -0.2) is 0 Å². The van der Waals surface area contributed by atoms with E-state index in [9.17, 15) is 18.0 Å². The molecule has 0 saturated carbocycles. The number of hydrogen-bond acceptors (Lipinski definition) is 3. The van der Waals surface area contributed by atoms with E-state index in [0.717, 1.165) is 63.1 Å². The normalized spacial score (nSPS) is 22.0. The van der Waals surface area contributed by atoms with Crippen molar-refractivity contribution in [3.63, 3.8) is 0 Å². The van der Waals surface area contributed by atoms with Crippen LogP contribution in [0.3, 0.4) is 0 Å². The summed E-state index contributed by atoms with van der Waals surface area (Å²) in [4.78, 5) is 16.6. The highest BCUT2D eigenvalue weighted by Crippen LogP contribution is 2.29. The van der Waals surface area contributed by atoms with Crippen LogP contribution < -0.4 is 5.32 Å². The van der Waals surface area contributed by atoms with Gasteiger partial charge in [0.25, 0.3) is 0 Å². The number of amides is 1. The number of nitrogens with zero attached hydrogens (tertiary/aromatic N) is 2. The third-order valence-electron chi connectivity index (χ3n) is 4.95. The molecular formula is C18H25ClF3N3O. The Morgan fingerprint density at radius 3 is 2.42 bits per heavy atom. The molecule has 2 fully saturated rings. The quantitative estimate of drug-likeness (QED) is 0.860. The fraction of sp³-hybridized carbons (Fsp3) is 0.611. The molecule has 0 radical (unpaired) electrons. The molecule has 1 aromatic rings. The van der Waals surface area contributed by atoms with Gasteiger partial charge in [-0.05, 0) is 43.5 Å². The smallest absolute Gasteiger partial charge is 0.340 e. The highest BCUT2D eigenvalue weighted by atomic mass is 35.5. The molecule has 0 aromatic heterocycles. The maximum absolute atomic E-state index is 12.6. The third kappa shape index (κ3) is 5.34. The Kier molecular flexibility index (Phi) is 7.32. The summed E-state index contributed by atoms with van der Waals surface area (Å²) in [7, 11) is 0. The van der Waals surface area contributed by atoms with Crippen LogP contribution in [0.25, 0.3) is 0 Å². The first-order chi connectivity index (χ1) is 11.9. The molecule has 146 valence electrons. The van der Waals surface area contributed by atoms with E-state index in [0.29, 0.717) is 13.1 Å². The highest BCUT2D eigenvalue weighted by Gasteiger charge is 2.30. The maximum atomic E-state index is 12.6. The average Bonchev–Trinajstić information content (AvgIpc) is 3.01. The van der Waals surface area contributed by atoms with Crippen molar-refractivity contribution in [2.45, 2.75) is 38.0 Å². The van der Waals surface area contributed by atoms with Crippen LogP contribution in [0.5, 0.6) is 0 Å². The van der Waals surface area contributed by atoms with Gasteiger partial charge in [-0.15, -0.1) is 12.4 Å². The van der Waals surface area contributed by atoms with Gasteiger partial charge in [-0.3, -0.25) is 9.69 Å². The summed E-state index contributed by atoms with van der Waals surface area (Å²) in [5.41, 5.74) is 0.248. The average molecular weight is 392 g/mol. The van der Waals surface area contributed by atoms with Crippen LogP contribution in [0, 0.1) is 0 Å². The van der Waals surface area contributed by atoms with Gasteiger partial charge in [0, 0.05) is 32.7 Å². The maximum Gasteiger partial charge on any atom is 0.416 e. The standard InChI is InChI=1S/C18H24F3N3O.ClH/c19-18(20,21)15-6-4-14(5-7-15)13-23-9-2-10-24(12-11-23)17(25)16-3-1-8-22-16;/h4-7,16,22H,1-3,8-13H2;1H. The minimum Gasteiger partial charge on any atom is -0.340 e. The highest BCUT2D eigenvalue weighted by molar-refractivity contribution is 5.85. The van der Waals surface area contributed by atoms with Gasteiger partial charge in [0.1, 0.15) is 0 Å². The fourth-order valence-corrected chi connectivity index (χ4v) is 3.52. The van der Waals surface area contributed by atoms with Gasteiger partial charge in [0.15, 0.2) is 0 Å². The molecule has 0 spiro atoms. The van der Waals surface area contributed by atoms with Gasteiger partial charge in [0.05, 0.1) is 11.6 Å². The van der Waals surface area contributed by atoms with Crippen molar-refractivity contribution in [2.75, 3.05) is 32.7 Å². The molecular weight excluding hydrogens is 367 g/mol. The topological polar surface area (TPSA) is 35.6 Å². The molecule has 2 saturated heterocycles. The van der Waals surface area contributed by atoms with E-state index in [-0.39, 0.29) is 24.4 Å². The summed E-state index contributed by atoms with van der Waals surface area (Å²) in [6, 6.07) is 5.31. The second kappa shape index (κ2) is 9.06. The fourth-order valence-electron chi connectivity index (χ4n) is 3.52. The van der Waals surface area contributed by atoms with Gasteiger partial charge in [0.2, 0.25) is 5.91 Å². The molecule has 1 aromatic carbocycles. The van der Waals surface area contributed by atoms with E-state index < -0.39 is 11.7 Å². The predicted molar refractivity (Wildman–Crippen MR) is 96.2 cm³/mol. The Morgan fingerprint density at radius 2 is 1.81 bits per heavy atom. The zero-order valence-corrected chi connectivity index (χ0v) is 15.4. The van der Waals surface area contributed by atoms with Gasteiger partial charge in [-0.1, -0.05) is 12.1 Å². The molecule has 1 atom stereocenters. The summed E-state index contributed by atoms with van der Waals surface area (Å²) in [5, 5.41) is 3.25. The van der Waals surface area contributed by atoms with Crippen molar-refractivity contribution >= 4 is 18.3 Å². The number of carbonyl (C=O) groups is 1. The number of carbonyl (C=O) groups excluding carboxylic acids is 1. The third-order valence-corrected chi connectivity index (χ3v) is 4.95. The predicted octanol–water partition coefficient (Wildman–Crippen LogP) is 2.91. The lowest BCUT2D eigenvalue weighted by molar-refractivity contribution is -0.137. The number of alkyl halides is 3. The summed E-state index contributed by atoms with van der Waals surface area (Å²) < 4.78 is 37.9. The Balaban J connectivity index is 0.00000243. The van der Waals surface area contributed by atoms with Crippen molar-refractivity contribution in [3.8, 4) is 0 Å². The molecule has 1 unspecified atom stereocenters. The largest absolute Gasteiger partial charge is 0.416 e. The van der Waals surface area contributed by atoms with Crippen LogP contribution in [-0.2, 0) is 17.5 Å². The Bertz CT molecular complexity index is 588. The molecule has 26 heavy (non-hydrogen) atoms. The lowest BCUT2D eigenvalue weighted by atomic mass is 10.1. The van der Waals surface area contributed by atoms with Crippen LogP contribution in [0.4, 0.5) is 13.2 Å². The van der Waals surface area contributed by atoms with E-state index in [1.54, 1.807) is 12.1 Å². The first kappa shape index (κ1) is 21.0. The monoisotopic (exact) mass is 391 g/mol.